The van der Waals surface area contributed by atoms with E-state index in [0.29, 0.717) is 11.6 Å². The summed E-state index contributed by atoms with van der Waals surface area (Å²) < 4.78 is 0. The first kappa shape index (κ1) is 12.4. The molecule has 0 aliphatic heterocycles. The van der Waals surface area contributed by atoms with Crippen molar-refractivity contribution in [3.05, 3.63) is 35.8 Å². The first-order valence-corrected chi connectivity index (χ1v) is 6.33. The minimum absolute atomic E-state index is 0.0765. The van der Waals surface area contributed by atoms with Crippen molar-refractivity contribution in [3.8, 4) is 11.3 Å². The van der Waals surface area contributed by atoms with Crippen LogP contribution in [0.15, 0.2) is 24.3 Å². The van der Waals surface area contributed by atoms with E-state index in [2.05, 4.69) is 34.0 Å². The number of carbonyl (C=O) groups is 1. The quantitative estimate of drug-likeness (QED) is 0.682. The summed E-state index contributed by atoms with van der Waals surface area (Å²) in [5.41, 5.74) is 3.34. The molecular weight excluding hydrogens is 256 g/mol. The Morgan fingerprint density at radius 1 is 1.30 bits per heavy atom. The molecule has 102 valence electrons. The van der Waals surface area contributed by atoms with Crippen molar-refractivity contribution < 1.29 is 9.90 Å². The minimum Gasteiger partial charge on any atom is -0.477 e. The third kappa shape index (κ3) is 2.05. The van der Waals surface area contributed by atoms with Gasteiger partial charge in [0.2, 0.25) is 0 Å². The maximum absolute atomic E-state index is 10.8. The van der Waals surface area contributed by atoms with Crippen LogP contribution in [0.25, 0.3) is 22.3 Å². The number of rotatable bonds is 3. The fraction of sp³-hybridized carbons (Fsp3) is 0.214. The highest BCUT2D eigenvalue weighted by Gasteiger charge is 2.11. The predicted molar refractivity (Wildman–Crippen MR) is 74.7 cm³/mol. The smallest absolute Gasteiger partial charge is 0.353 e. The van der Waals surface area contributed by atoms with E-state index < -0.39 is 5.97 Å². The van der Waals surface area contributed by atoms with Crippen molar-refractivity contribution in [2.45, 2.75) is 19.8 Å². The summed E-state index contributed by atoms with van der Waals surface area (Å²) in [6.45, 7) is 4.15. The van der Waals surface area contributed by atoms with Crippen LogP contribution in [-0.2, 0) is 0 Å². The summed E-state index contributed by atoms with van der Waals surface area (Å²) in [4.78, 5) is 18.6. The highest BCUT2D eigenvalue weighted by atomic mass is 16.4. The molecule has 3 N–H and O–H groups in total. The van der Waals surface area contributed by atoms with Gasteiger partial charge in [0.05, 0.1) is 16.7 Å². The first-order valence-electron chi connectivity index (χ1n) is 6.33. The Hall–Kier alpha value is -2.63. The van der Waals surface area contributed by atoms with Gasteiger partial charge < -0.3 is 10.1 Å². The molecule has 0 radical (unpaired) electrons. The molecule has 0 unspecified atom stereocenters. The fourth-order valence-electron chi connectivity index (χ4n) is 2.04. The zero-order valence-electron chi connectivity index (χ0n) is 11.1. The fourth-order valence-corrected chi connectivity index (χ4v) is 2.04. The summed E-state index contributed by atoms with van der Waals surface area (Å²) >= 11 is 0. The summed E-state index contributed by atoms with van der Waals surface area (Å²) in [6.07, 6.45) is 0. The van der Waals surface area contributed by atoms with Gasteiger partial charge in [0, 0.05) is 11.5 Å². The van der Waals surface area contributed by atoms with E-state index in [4.69, 9.17) is 5.11 Å². The minimum atomic E-state index is -1.02. The van der Waals surface area contributed by atoms with Crippen molar-refractivity contribution in [2.24, 2.45) is 0 Å². The normalized spacial score (nSPS) is 11.3. The molecule has 0 atom stereocenters. The summed E-state index contributed by atoms with van der Waals surface area (Å²) in [5.74, 6) is 0.244. The maximum atomic E-state index is 10.8. The SMILES string of the molecule is CC(C)c1nc2ccc(-c3cc(C(=O)O)[nH]n3)cc2[nH]1. The number of aromatic nitrogens is 4. The number of hydrogen-bond acceptors (Lipinski definition) is 3. The van der Waals surface area contributed by atoms with E-state index >= 15 is 0 Å². The van der Waals surface area contributed by atoms with Crippen LogP contribution < -0.4 is 0 Å². The highest BCUT2D eigenvalue weighted by molar-refractivity contribution is 5.88. The van der Waals surface area contributed by atoms with Gasteiger partial charge in [-0.25, -0.2) is 9.78 Å². The number of benzene rings is 1. The standard InChI is InChI=1S/C14H14N4O2/c1-7(2)13-15-9-4-3-8(5-11(9)16-13)10-6-12(14(19)20)18-17-10/h3-7H,1-2H3,(H,15,16)(H,17,18)(H,19,20). The number of fused-ring (bicyclic) bond motifs is 1. The molecule has 6 heteroatoms. The van der Waals surface area contributed by atoms with Crippen LogP contribution in [0.2, 0.25) is 0 Å². The molecule has 0 spiro atoms. The van der Waals surface area contributed by atoms with Gasteiger partial charge in [0.25, 0.3) is 0 Å². The molecule has 2 aromatic heterocycles. The summed E-state index contributed by atoms with van der Waals surface area (Å²) in [7, 11) is 0. The molecule has 0 aliphatic rings. The van der Waals surface area contributed by atoms with Crippen LogP contribution >= 0.6 is 0 Å². The number of carboxylic acids is 1. The molecule has 3 aromatic rings. The van der Waals surface area contributed by atoms with Gasteiger partial charge in [-0.3, -0.25) is 5.10 Å². The van der Waals surface area contributed by atoms with Gasteiger partial charge in [-0.2, -0.15) is 5.10 Å². The molecule has 0 saturated carbocycles. The van der Waals surface area contributed by atoms with E-state index in [1.54, 1.807) is 0 Å². The Morgan fingerprint density at radius 2 is 2.10 bits per heavy atom. The Bertz CT molecular complexity index is 785. The lowest BCUT2D eigenvalue weighted by Crippen LogP contribution is -1.95. The lowest BCUT2D eigenvalue weighted by molar-refractivity contribution is 0.0690. The van der Waals surface area contributed by atoms with E-state index in [0.717, 1.165) is 22.4 Å². The van der Waals surface area contributed by atoms with Crippen LogP contribution in [0.5, 0.6) is 0 Å². The monoisotopic (exact) mass is 270 g/mol. The lowest BCUT2D eigenvalue weighted by Gasteiger charge is -1.96. The van der Waals surface area contributed by atoms with Crippen LogP contribution in [0.3, 0.4) is 0 Å². The van der Waals surface area contributed by atoms with E-state index in [1.807, 2.05) is 18.2 Å². The molecule has 20 heavy (non-hydrogen) atoms. The molecule has 0 fully saturated rings. The van der Waals surface area contributed by atoms with Crippen molar-refractivity contribution in [1.82, 2.24) is 20.2 Å². The van der Waals surface area contributed by atoms with Gasteiger partial charge in [0.15, 0.2) is 0 Å². The number of nitrogens with zero attached hydrogens (tertiary/aromatic N) is 2. The van der Waals surface area contributed by atoms with E-state index in [1.165, 1.54) is 6.07 Å². The zero-order valence-corrected chi connectivity index (χ0v) is 11.1. The Balaban J connectivity index is 2.05. The molecule has 1 aromatic carbocycles. The van der Waals surface area contributed by atoms with Gasteiger partial charge >= 0.3 is 5.97 Å². The van der Waals surface area contributed by atoms with Crippen molar-refractivity contribution >= 4 is 17.0 Å². The average molecular weight is 270 g/mol. The van der Waals surface area contributed by atoms with Crippen LogP contribution in [-0.4, -0.2) is 31.2 Å². The van der Waals surface area contributed by atoms with E-state index in [9.17, 15) is 4.79 Å². The number of imidazole rings is 1. The van der Waals surface area contributed by atoms with E-state index in [-0.39, 0.29) is 5.69 Å². The lowest BCUT2D eigenvalue weighted by atomic mass is 10.1. The average Bonchev–Trinajstić information content (AvgIpc) is 3.04. The Morgan fingerprint density at radius 3 is 2.75 bits per heavy atom. The number of nitrogens with one attached hydrogen (secondary N) is 2. The zero-order chi connectivity index (χ0) is 14.3. The van der Waals surface area contributed by atoms with Gasteiger partial charge in [-0.15, -0.1) is 0 Å². The van der Waals surface area contributed by atoms with Crippen molar-refractivity contribution in [3.63, 3.8) is 0 Å². The van der Waals surface area contributed by atoms with Crippen LogP contribution in [0.1, 0.15) is 36.1 Å². The Labute approximate surface area is 114 Å². The summed E-state index contributed by atoms with van der Waals surface area (Å²) in [6, 6.07) is 7.23. The topological polar surface area (TPSA) is 94.7 Å². The molecule has 6 nitrogen and oxygen atoms in total. The Kier molecular flexibility index (Phi) is 2.78. The molecule has 0 saturated heterocycles. The number of carboxylic acid groups (broad SMARTS) is 1. The van der Waals surface area contributed by atoms with Crippen molar-refractivity contribution in [1.29, 1.82) is 0 Å². The number of hydrogen-bond donors (Lipinski definition) is 3. The predicted octanol–water partition coefficient (Wildman–Crippen LogP) is 2.77. The first-order chi connectivity index (χ1) is 9.54. The van der Waals surface area contributed by atoms with Gasteiger partial charge in [0.1, 0.15) is 11.5 Å². The second kappa shape index (κ2) is 4.48. The molecule has 3 rings (SSSR count). The maximum Gasteiger partial charge on any atom is 0.353 e. The molecule has 0 bridgehead atoms. The molecule has 0 aliphatic carbocycles. The molecule has 2 heterocycles. The van der Waals surface area contributed by atoms with Gasteiger partial charge in [-0.1, -0.05) is 19.9 Å². The number of aromatic carboxylic acids is 1. The molecule has 0 amide bonds. The summed E-state index contributed by atoms with van der Waals surface area (Å²) in [5, 5.41) is 15.4. The largest absolute Gasteiger partial charge is 0.477 e. The third-order valence-corrected chi connectivity index (χ3v) is 3.15. The van der Waals surface area contributed by atoms with Gasteiger partial charge in [-0.05, 0) is 18.2 Å². The highest BCUT2D eigenvalue weighted by Crippen LogP contribution is 2.24. The second-order valence-electron chi connectivity index (χ2n) is 4.98. The van der Waals surface area contributed by atoms with Crippen LogP contribution in [0.4, 0.5) is 0 Å². The van der Waals surface area contributed by atoms with Crippen LogP contribution in [0, 0.1) is 0 Å². The van der Waals surface area contributed by atoms with Crippen molar-refractivity contribution in [2.75, 3.05) is 0 Å². The molecular formula is C14H14N4O2. The number of aromatic amines is 2. The second-order valence-corrected chi connectivity index (χ2v) is 4.98. The third-order valence-electron chi connectivity index (χ3n) is 3.15. The number of H-pyrrole nitrogens is 2.